The predicted molar refractivity (Wildman–Crippen MR) is 83.0 cm³/mol. The molecule has 1 saturated heterocycles. The average molecular weight is 286 g/mol. The Morgan fingerprint density at radius 3 is 3.05 bits per heavy atom. The number of carbonyl (C=O) groups is 1. The van der Waals surface area contributed by atoms with Gasteiger partial charge in [-0.2, -0.15) is 0 Å². The average Bonchev–Trinajstić information content (AvgIpc) is 2.53. The highest BCUT2D eigenvalue weighted by Gasteiger charge is 2.25. The number of methoxy groups -OCH3 is 1. The smallest absolute Gasteiger partial charge is 0.254 e. The van der Waals surface area contributed by atoms with Gasteiger partial charge >= 0.3 is 0 Å². The van der Waals surface area contributed by atoms with E-state index in [1.165, 1.54) is 0 Å². The minimum absolute atomic E-state index is 0.0608. The first kappa shape index (κ1) is 15.6. The van der Waals surface area contributed by atoms with Gasteiger partial charge in [-0.1, -0.05) is 17.9 Å². The molecule has 21 heavy (non-hydrogen) atoms. The molecular formula is C17H22N2O2. The van der Waals surface area contributed by atoms with Crippen molar-refractivity contribution in [2.45, 2.75) is 25.9 Å². The molecule has 1 aromatic rings. The molecule has 0 radical (unpaired) electrons. The number of ether oxygens (including phenoxy) is 1. The van der Waals surface area contributed by atoms with E-state index in [2.05, 4.69) is 11.8 Å². The van der Waals surface area contributed by atoms with Crippen LogP contribution < -0.4 is 5.73 Å². The number of piperidine rings is 1. The van der Waals surface area contributed by atoms with Crippen molar-refractivity contribution in [3.8, 4) is 11.8 Å². The molecule has 1 atom stereocenters. The van der Waals surface area contributed by atoms with Gasteiger partial charge in [0.05, 0.1) is 12.6 Å². The summed E-state index contributed by atoms with van der Waals surface area (Å²) in [7, 11) is 1.70. The Morgan fingerprint density at radius 1 is 1.52 bits per heavy atom. The van der Waals surface area contributed by atoms with E-state index in [0.29, 0.717) is 13.1 Å². The Hall–Kier alpha value is -1.83. The fourth-order valence-electron chi connectivity index (χ4n) is 2.57. The maximum absolute atomic E-state index is 12.7. The van der Waals surface area contributed by atoms with Crippen molar-refractivity contribution in [1.29, 1.82) is 0 Å². The van der Waals surface area contributed by atoms with E-state index in [-0.39, 0.29) is 12.0 Å². The zero-order valence-corrected chi connectivity index (χ0v) is 12.7. The van der Waals surface area contributed by atoms with E-state index < -0.39 is 0 Å². The highest BCUT2D eigenvalue weighted by Crippen LogP contribution is 2.18. The van der Waals surface area contributed by atoms with Gasteiger partial charge in [-0.15, -0.1) is 0 Å². The number of nitrogens with zero attached hydrogens (tertiary/aromatic N) is 1. The Morgan fingerprint density at radius 2 is 2.33 bits per heavy atom. The molecule has 1 aromatic carbocycles. The van der Waals surface area contributed by atoms with Crippen molar-refractivity contribution >= 4 is 5.91 Å². The van der Waals surface area contributed by atoms with Gasteiger partial charge in [-0.3, -0.25) is 4.79 Å². The second-order valence-corrected chi connectivity index (χ2v) is 5.29. The fraction of sp³-hybridized carbons (Fsp3) is 0.471. The molecule has 0 aromatic heterocycles. The van der Waals surface area contributed by atoms with Crippen LogP contribution in [-0.4, -0.2) is 43.7 Å². The Balaban J connectivity index is 2.21. The third kappa shape index (κ3) is 3.84. The third-order valence-corrected chi connectivity index (χ3v) is 3.80. The van der Waals surface area contributed by atoms with Gasteiger partial charge in [0.1, 0.15) is 0 Å². The summed E-state index contributed by atoms with van der Waals surface area (Å²) >= 11 is 0. The molecule has 0 spiro atoms. The SMILES string of the molecule is COC1CCCN(C(=O)c2cc(C#CCN)ccc2C)C1. The number of benzene rings is 1. The van der Waals surface area contributed by atoms with Gasteiger partial charge in [0.25, 0.3) is 5.91 Å². The summed E-state index contributed by atoms with van der Waals surface area (Å²) in [5.74, 6) is 5.86. The molecule has 1 heterocycles. The van der Waals surface area contributed by atoms with E-state index in [4.69, 9.17) is 10.5 Å². The number of amides is 1. The summed E-state index contributed by atoms with van der Waals surface area (Å²) in [5, 5.41) is 0. The topological polar surface area (TPSA) is 55.6 Å². The van der Waals surface area contributed by atoms with Crippen LogP contribution in [0.5, 0.6) is 0 Å². The van der Waals surface area contributed by atoms with Gasteiger partial charge in [0, 0.05) is 31.3 Å². The molecule has 1 fully saturated rings. The Kier molecular flexibility index (Phi) is 5.38. The molecule has 1 aliphatic rings. The molecule has 2 N–H and O–H groups in total. The van der Waals surface area contributed by atoms with Crippen LogP contribution >= 0.6 is 0 Å². The maximum atomic E-state index is 12.7. The molecule has 112 valence electrons. The molecule has 0 saturated carbocycles. The quantitative estimate of drug-likeness (QED) is 0.839. The van der Waals surface area contributed by atoms with Crippen molar-refractivity contribution in [2.75, 3.05) is 26.7 Å². The van der Waals surface area contributed by atoms with Gasteiger partial charge in [-0.05, 0) is 37.5 Å². The van der Waals surface area contributed by atoms with E-state index in [1.54, 1.807) is 7.11 Å². The van der Waals surface area contributed by atoms with Crippen LogP contribution in [0.25, 0.3) is 0 Å². The number of hydrogen-bond acceptors (Lipinski definition) is 3. The zero-order valence-electron chi connectivity index (χ0n) is 12.7. The first-order chi connectivity index (χ1) is 10.2. The summed E-state index contributed by atoms with van der Waals surface area (Å²) in [4.78, 5) is 14.6. The molecule has 0 aliphatic carbocycles. The summed E-state index contributed by atoms with van der Waals surface area (Å²) in [6.07, 6.45) is 2.14. The van der Waals surface area contributed by atoms with Gasteiger partial charge < -0.3 is 15.4 Å². The van der Waals surface area contributed by atoms with Crippen LogP contribution in [0.1, 0.15) is 34.3 Å². The third-order valence-electron chi connectivity index (χ3n) is 3.80. The van der Waals surface area contributed by atoms with Crippen LogP contribution in [0.2, 0.25) is 0 Å². The van der Waals surface area contributed by atoms with Crippen LogP contribution in [0.4, 0.5) is 0 Å². The van der Waals surface area contributed by atoms with Gasteiger partial charge in [0.15, 0.2) is 0 Å². The lowest BCUT2D eigenvalue weighted by Crippen LogP contribution is -2.43. The Labute approximate surface area is 126 Å². The molecule has 1 unspecified atom stereocenters. The predicted octanol–water partition coefficient (Wildman–Crippen LogP) is 1.56. The summed E-state index contributed by atoms with van der Waals surface area (Å²) in [6.45, 7) is 3.72. The second-order valence-electron chi connectivity index (χ2n) is 5.29. The van der Waals surface area contributed by atoms with Gasteiger partial charge in [-0.25, -0.2) is 0 Å². The minimum atomic E-state index is 0.0608. The van der Waals surface area contributed by atoms with E-state index >= 15 is 0 Å². The highest BCUT2D eigenvalue weighted by atomic mass is 16.5. The largest absolute Gasteiger partial charge is 0.380 e. The first-order valence-corrected chi connectivity index (χ1v) is 7.27. The molecular weight excluding hydrogens is 264 g/mol. The van der Waals surface area contributed by atoms with Crippen LogP contribution in [0.3, 0.4) is 0 Å². The summed E-state index contributed by atoms with van der Waals surface area (Å²) < 4.78 is 5.38. The number of aryl methyl sites for hydroxylation is 1. The summed E-state index contributed by atoms with van der Waals surface area (Å²) in [5.41, 5.74) is 7.91. The Bertz CT molecular complexity index is 572. The second kappa shape index (κ2) is 7.26. The van der Waals surface area contributed by atoms with Crippen molar-refractivity contribution in [2.24, 2.45) is 5.73 Å². The molecule has 0 bridgehead atoms. The molecule has 1 aliphatic heterocycles. The number of likely N-dealkylation sites (tertiary alicyclic amines) is 1. The summed E-state index contributed by atoms with van der Waals surface area (Å²) in [6, 6.07) is 5.71. The fourth-order valence-corrected chi connectivity index (χ4v) is 2.57. The van der Waals surface area contributed by atoms with Crippen LogP contribution in [0, 0.1) is 18.8 Å². The van der Waals surface area contributed by atoms with Crippen molar-refractivity contribution in [3.05, 3.63) is 34.9 Å². The van der Waals surface area contributed by atoms with Crippen LogP contribution in [0.15, 0.2) is 18.2 Å². The monoisotopic (exact) mass is 286 g/mol. The molecule has 4 heteroatoms. The maximum Gasteiger partial charge on any atom is 0.254 e. The lowest BCUT2D eigenvalue weighted by molar-refractivity contribution is 0.0268. The van der Waals surface area contributed by atoms with E-state index in [1.807, 2.05) is 30.0 Å². The standard InChI is InChI=1S/C17H22N2O2/c1-13-7-8-14(5-3-9-18)11-16(13)17(20)19-10-4-6-15(12-19)21-2/h7-8,11,15H,4,6,9-10,12,18H2,1-2H3. The van der Waals surface area contributed by atoms with E-state index in [9.17, 15) is 4.79 Å². The number of nitrogens with two attached hydrogens (primary N) is 1. The first-order valence-electron chi connectivity index (χ1n) is 7.27. The highest BCUT2D eigenvalue weighted by molar-refractivity contribution is 5.96. The number of hydrogen-bond donors (Lipinski definition) is 1. The van der Waals surface area contributed by atoms with Crippen molar-refractivity contribution in [1.82, 2.24) is 4.90 Å². The lowest BCUT2D eigenvalue weighted by Gasteiger charge is -2.32. The minimum Gasteiger partial charge on any atom is -0.380 e. The lowest BCUT2D eigenvalue weighted by atomic mass is 10.0. The van der Waals surface area contributed by atoms with Crippen molar-refractivity contribution < 1.29 is 9.53 Å². The molecule has 4 nitrogen and oxygen atoms in total. The normalized spacial score (nSPS) is 18.0. The van der Waals surface area contributed by atoms with Crippen molar-refractivity contribution in [3.63, 3.8) is 0 Å². The zero-order chi connectivity index (χ0) is 15.2. The number of carbonyl (C=O) groups excluding carboxylic acids is 1. The molecule has 2 rings (SSSR count). The van der Waals surface area contributed by atoms with Gasteiger partial charge in [0.2, 0.25) is 0 Å². The molecule has 1 amide bonds. The number of rotatable bonds is 2. The van der Waals surface area contributed by atoms with Crippen LogP contribution in [-0.2, 0) is 4.74 Å². The van der Waals surface area contributed by atoms with E-state index in [0.717, 1.165) is 36.1 Å².